The molecule has 18 heavy (non-hydrogen) atoms. The van der Waals surface area contributed by atoms with E-state index in [0.717, 1.165) is 0 Å². The van der Waals surface area contributed by atoms with E-state index in [-0.39, 0.29) is 11.8 Å². The molecule has 1 aromatic rings. The van der Waals surface area contributed by atoms with E-state index in [0.29, 0.717) is 37.6 Å². The van der Waals surface area contributed by atoms with E-state index in [2.05, 4.69) is 10.4 Å². The zero-order valence-electron chi connectivity index (χ0n) is 9.74. The molecule has 1 aromatic heterocycles. The summed E-state index contributed by atoms with van der Waals surface area (Å²) in [4.78, 5) is 16.4. The molecule has 8 nitrogen and oxygen atoms in total. The maximum absolute atomic E-state index is 11.0. The van der Waals surface area contributed by atoms with E-state index in [4.69, 9.17) is 5.84 Å². The maximum Gasteiger partial charge on any atom is 0.311 e. The molecule has 2 heterocycles. The van der Waals surface area contributed by atoms with E-state index in [9.17, 15) is 15.2 Å². The van der Waals surface area contributed by atoms with Crippen LogP contribution in [0, 0.1) is 10.1 Å². The summed E-state index contributed by atoms with van der Waals surface area (Å²) in [5.41, 5.74) is 2.32. The number of nitro groups is 1. The van der Waals surface area contributed by atoms with Crippen LogP contribution in [-0.4, -0.2) is 34.2 Å². The SMILES string of the molecule is NNc1ccc([N+](=O)[O-])c(N2CCC(O)CC2)n1. The van der Waals surface area contributed by atoms with Crippen LogP contribution in [0.15, 0.2) is 12.1 Å². The van der Waals surface area contributed by atoms with Gasteiger partial charge in [-0.3, -0.25) is 10.1 Å². The van der Waals surface area contributed by atoms with Gasteiger partial charge in [-0.1, -0.05) is 0 Å². The second-order valence-electron chi connectivity index (χ2n) is 4.16. The van der Waals surface area contributed by atoms with Crippen LogP contribution in [0.1, 0.15) is 12.8 Å². The van der Waals surface area contributed by atoms with Crippen LogP contribution in [0.2, 0.25) is 0 Å². The lowest BCUT2D eigenvalue weighted by atomic mass is 10.1. The van der Waals surface area contributed by atoms with E-state index in [1.54, 1.807) is 4.90 Å². The fourth-order valence-electron chi connectivity index (χ4n) is 1.97. The number of aliphatic hydroxyl groups excluding tert-OH is 1. The zero-order valence-corrected chi connectivity index (χ0v) is 9.74. The summed E-state index contributed by atoms with van der Waals surface area (Å²) in [5.74, 6) is 5.93. The number of nitrogens with zero attached hydrogens (tertiary/aromatic N) is 3. The third-order valence-electron chi connectivity index (χ3n) is 2.96. The van der Waals surface area contributed by atoms with Gasteiger partial charge in [-0.2, -0.15) is 0 Å². The molecule has 1 aliphatic heterocycles. The van der Waals surface area contributed by atoms with Gasteiger partial charge < -0.3 is 15.4 Å². The van der Waals surface area contributed by atoms with Gasteiger partial charge in [0.05, 0.1) is 11.0 Å². The van der Waals surface area contributed by atoms with Crippen molar-refractivity contribution >= 4 is 17.3 Å². The van der Waals surface area contributed by atoms with Gasteiger partial charge in [-0.15, -0.1) is 0 Å². The molecule has 2 rings (SSSR count). The van der Waals surface area contributed by atoms with Crippen LogP contribution in [0.5, 0.6) is 0 Å². The van der Waals surface area contributed by atoms with Gasteiger partial charge in [-0.25, -0.2) is 10.8 Å². The number of nitrogen functional groups attached to an aromatic ring is 1. The second-order valence-corrected chi connectivity index (χ2v) is 4.16. The van der Waals surface area contributed by atoms with Crippen molar-refractivity contribution in [1.29, 1.82) is 0 Å². The zero-order chi connectivity index (χ0) is 13.1. The van der Waals surface area contributed by atoms with Crippen molar-refractivity contribution in [3.8, 4) is 0 Å². The molecule has 4 N–H and O–H groups in total. The number of nitrogens with two attached hydrogens (primary N) is 1. The molecule has 1 fully saturated rings. The molecule has 0 atom stereocenters. The fourth-order valence-corrected chi connectivity index (χ4v) is 1.97. The van der Waals surface area contributed by atoms with Crippen molar-refractivity contribution in [2.45, 2.75) is 18.9 Å². The van der Waals surface area contributed by atoms with Gasteiger partial charge in [0.1, 0.15) is 5.82 Å². The van der Waals surface area contributed by atoms with Crippen molar-refractivity contribution in [1.82, 2.24) is 4.98 Å². The Hall–Kier alpha value is -1.93. The van der Waals surface area contributed by atoms with Crippen molar-refractivity contribution in [2.75, 3.05) is 23.4 Å². The average molecular weight is 253 g/mol. The largest absolute Gasteiger partial charge is 0.393 e. The lowest BCUT2D eigenvalue weighted by Gasteiger charge is -2.30. The predicted molar refractivity (Wildman–Crippen MR) is 66.2 cm³/mol. The number of nitrogens with one attached hydrogen (secondary N) is 1. The number of hydrazine groups is 1. The number of piperidine rings is 1. The average Bonchev–Trinajstić information content (AvgIpc) is 2.38. The first-order valence-corrected chi connectivity index (χ1v) is 5.67. The van der Waals surface area contributed by atoms with Crippen LogP contribution in [-0.2, 0) is 0 Å². The van der Waals surface area contributed by atoms with Crippen LogP contribution in [0.3, 0.4) is 0 Å². The molecule has 0 aliphatic carbocycles. The second kappa shape index (κ2) is 5.15. The molecule has 1 saturated heterocycles. The molecular weight excluding hydrogens is 238 g/mol. The summed E-state index contributed by atoms with van der Waals surface area (Å²) < 4.78 is 0. The van der Waals surface area contributed by atoms with Crippen molar-refractivity contribution in [3.63, 3.8) is 0 Å². The fraction of sp³-hybridized carbons (Fsp3) is 0.500. The van der Waals surface area contributed by atoms with Gasteiger partial charge >= 0.3 is 5.69 Å². The minimum Gasteiger partial charge on any atom is -0.393 e. The minimum atomic E-state index is -0.465. The molecular formula is C10H15N5O3. The summed E-state index contributed by atoms with van der Waals surface area (Å²) in [5, 5.41) is 20.4. The Bertz CT molecular complexity index is 445. The molecule has 0 spiro atoms. The third kappa shape index (κ3) is 2.49. The van der Waals surface area contributed by atoms with E-state index < -0.39 is 4.92 Å². The van der Waals surface area contributed by atoms with Crippen molar-refractivity contribution in [2.24, 2.45) is 5.84 Å². The van der Waals surface area contributed by atoms with E-state index in [1.807, 2.05) is 0 Å². The quantitative estimate of drug-likeness (QED) is 0.401. The first-order valence-electron chi connectivity index (χ1n) is 5.67. The van der Waals surface area contributed by atoms with E-state index in [1.165, 1.54) is 12.1 Å². The maximum atomic E-state index is 11.0. The highest BCUT2D eigenvalue weighted by Crippen LogP contribution is 2.29. The number of anilines is 2. The Balaban J connectivity index is 2.31. The lowest BCUT2D eigenvalue weighted by Crippen LogP contribution is -2.36. The summed E-state index contributed by atoms with van der Waals surface area (Å²) in [6.45, 7) is 1.09. The Labute approximate surface area is 104 Å². The van der Waals surface area contributed by atoms with Crippen LogP contribution >= 0.6 is 0 Å². The molecule has 98 valence electrons. The highest BCUT2D eigenvalue weighted by molar-refractivity contribution is 5.61. The summed E-state index contributed by atoms with van der Waals surface area (Å²) in [6.07, 6.45) is 0.828. The Kier molecular flexibility index (Phi) is 3.58. The number of hydrogen-bond donors (Lipinski definition) is 3. The summed E-state index contributed by atoms with van der Waals surface area (Å²) in [7, 11) is 0. The topological polar surface area (TPSA) is 118 Å². The van der Waals surface area contributed by atoms with Crippen LogP contribution < -0.4 is 16.2 Å². The molecule has 8 heteroatoms. The number of aliphatic hydroxyl groups is 1. The van der Waals surface area contributed by atoms with Crippen LogP contribution in [0.25, 0.3) is 0 Å². The van der Waals surface area contributed by atoms with Gasteiger partial charge in [0.25, 0.3) is 0 Å². The summed E-state index contributed by atoms with van der Waals surface area (Å²) in [6, 6.07) is 2.84. The molecule has 0 saturated carbocycles. The number of hydrogen-bond acceptors (Lipinski definition) is 7. The van der Waals surface area contributed by atoms with Gasteiger partial charge in [0.2, 0.25) is 5.82 Å². The van der Waals surface area contributed by atoms with Gasteiger partial charge in [0.15, 0.2) is 0 Å². The van der Waals surface area contributed by atoms with Crippen molar-refractivity contribution in [3.05, 3.63) is 22.2 Å². The Morgan fingerprint density at radius 1 is 1.50 bits per heavy atom. The Morgan fingerprint density at radius 2 is 2.17 bits per heavy atom. The first-order chi connectivity index (χ1) is 8.61. The van der Waals surface area contributed by atoms with Gasteiger partial charge in [0, 0.05) is 19.2 Å². The summed E-state index contributed by atoms with van der Waals surface area (Å²) >= 11 is 0. The molecule has 0 radical (unpaired) electrons. The predicted octanol–water partition coefficient (Wildman–Crippen LogP) is 0.236. The van der Waals surface area contributed by atoms with Crippen molar-refractivity contribution < 1.29 is 10.0 Å². The monoisotopic (exact) mass is 253 g/mol. The Morgan fingerprint density at radius 3 is 2.72 bits per heavy atom. The molecule has 1 aliphatic rings. The smallest absolute Gasteiger partial charge is 0.311 e. The highest BCUT2D eigenvalue weighted by Gasteiger charge is 2.25. The molecule has 0 unspecified atom stereocenters. The van der Waals surface area contributed by atoms with E-state index >= 15 is 0 Å². The molecule has 0 bridgehead atoms. The molecule has 0 amide bonds. The van der Waals surface area contributed by atoms with Crippen LogP contribution in [0.4, 0.5) is 17.3 Å². The number of pyridine rings is 1. The minimum absolute atomic E-state index is 0.0506. The van der Waals surface area contributed by atoms with Gasteiger partial charge in [-0.05, 0) is 18.9 Å². The lowest BCUT2D eigenvalue weighted by molar-refractivity contribution is -0.384. The standard InChI is InChI=1S/C10H15N5O3/c11-13-9-2-1-8(15(17)18)10(12-9)14-5-3-7(16)4-6-14/h1-2,7,16H,3-6,11H2,(H,12,13). The third-order valence-corrected chi connectivity index (χ3v) is 2.96. The first kappa shape index (κ1) is 12.5. The highest BCUT2D eigenvalue weighted by atomic mass is 16.6. The number of rotatable bonds is 3. The number of aromatic nitrogens is 1. The normalized spacial score (nSPS) is 16.7. The molecule has 0 aromatic carbocycles.